The first-order valence-electron chi connectivity index (χ1n) is 7.23. The van der Waals surface area contributed by atoms with Crippen molar-refractivity contribution in [3.63, 3.8) is 0 Å². The van der Waals surface area contributed by atoms with Gasteiger partial charge in [0, 0.05) is 5.69 Å². The molecule has 2 rings (SSSR count). The Kier molecular flexibility index (Phi) is 6.06. The molecule has 0 aliphatic rings. The second kappa shape index (κ2) is 8.48. The van der Waals surface area contributed by atoms with Crippen LogP contribution in [0.3, 0.4) is 0 Å². The number of carbonyl (C=O) groups is 1. The zero-order valence-electron chi connectivity index (χ0n) is 13.0. The third-order valence-electron chi connectivity index (χ3n) is 3.06. The topological polar surface area (TPSA) is 59.6 Å². The quantitative estimate of drug-likeness (QED) is 0.734. The predicted octanol–water partition coefficient (Wildman–Crippen LogP) is 3.31. The van der Waals surface area contributed by atoms with Crippen molar-refractivity contribution in [3.8, 4) is 11.5 Å². The zero-order chi connectivity index (χ0) is 16.5. The molecule has 2 N–H and O–H groups in total. The summed E-state index contributed by atoms with van der Waals surface area (Å²) < 4.78 is 10.6. The van der Waals surface area contributed by atoms with Gasteiger partial charge in [0.25, 0.3) is 0 Å². The molecule has 0 aliphatic heterocycles. The standard InChI is InChI=1S/C18H20N2O3/c1-3-12-23-15-10-8-14(9-11-15)19-13-18(21)20-16-6-4-5-7-17(16)22-2/h3-11,19H,1,12-13H2,2H3,(H,20,21). The van der Waals surface area contributed by atoms with Crippen molar-refractivity contribution in [2.24, 2.45) is 0 Å². The lowest BCUT2D eigenvalue weighted by Crippen LogP contribution is -2.22. The lowest BCUT2D eigenvalue weighted by Gasteiger charge is -2.11. The third-order valence-corrected chi connectivity index (χ3v) is 3.06. The van der Waals surface area contributed by atoms with Crippen LogP contribution >= 0.6 is 0 Å². The summed E-state index contributed by atoms with van der Waals surface area (Å²) in [5.41, 5.74) is 1.49. The molecule has 0 heterocycles. The highest BCUT2D eigenvalue weighted by atomic mass is 16.5. The van der Waals surface area contributed by atoms with Gasteiger partial charge in [-0.3, -0.25) is 4.79 Å². The number of nitrogens with one attached hydrogen (secondary N) is 2. The summed E-state index contributed by atoms with van der Waals surface area (Å²) >= 11 is 0. The molecule has 0 atom stereocenters. The summed E-state index contributed by atoms with van der Waals surface area (Å²) in [6, 6.07) is 14.7. The van der Waals surface area contributed by atoms with E-state index in [0.29, 0.717) is 18.0 Å². The molecule has 23 heavy (non-hydrogen) atoms. The number of amides is 1. The first kappa shape index (κ1) is 16.4. The normalized spacial score (nSPS) is 9.78. The minimum Gasteiger partial charge on any atom is -0.495 e. The van der Waals surface area contributed by atoms with E-state index < -0.39 is 0 Å². The Morgan fingerprint density at radius 3 is 2.61 bits per heavy atom. The van der Waals surface area contributed by atoms with E-state index in [1.165, 1.54) is 0 Å². The summed E-state index contributed by atoms with van der Waals surface area (Å²) in [6.45, 7) is 4.22. The second-order valence-corrected chi connectivity index (χ2v) is 4.73. The first-order valence-corrected chi connectivity index (χ1v) is 7.23. The van der Waals surface area contributed by atoms with Crippen LogP contribution in [0.25, 0.3) is 0 Å². The van der Waals surface area contributed by atoms with Crippen molar-refractivity contribution in [1.82, 2.24) is 0 Å². The van der Waals surface area contributed by atoms with Gasteiger partial charge in [-0.1, -0.05) is 24.8 Å². The van der Waals surface area contributed by atoms with Crippen molar-refractivity contribution in [1.29, 1.82) is 0 Å². The fraction of sp³-hybridized carbons (Fsp3) is 0.167. The van der Waals surface area contributed by atoms with Crippen molar-refractivity contribution < 1.29 is 14.3 Å². The first-order chi connectivity index (χ1) is 11.2. The van der Waals surface area contributed by atoms with Gasteiger partial charge in [0.05, 0.1) is 19.3 Å². The number of carbonyl (C=O) groups excluding carboxylic acids is 1. The van der Waals surface area contributed by atoms with E-state index in [2.05, 4.69) is 17.2 Å². The highest BCUT2D eigenvalue weighted by molar-refractivity contribution is 5.95. The maximum absolute atomic E-state index is 12.0. The van der Waals surface area contributed by atoms with Crippen molar-refractivity contribution in [2.45, 2.75) is 0 Å². The molecule has 0 aliphatic carbocycles. The van der Waals surface area contributed by atoms with Gasteiger partial charge in [0.15, 0.2) is 0 Å². The fourth-order valence-corrected chi connectivity index (χ4v) is 1.95. The van der Waals surface area contributed by atoms with E-state index in [4.69, 9.17) is 9.47 Å². The summed E-state index contributed by atoms with van der Waals surface area (Å²) in [7, 11) is 1.57. The van der Waals surface area contributed by atoms with Gasteiger partial charge < -0.3 is 20.1 Å². The van der Waals surface area contributed by atoms with Crippen molar-refractivity contribution in [3.05, 3.63) is 61.2 Å². The molecule has 120 valence electrons. The van der Waals surface area contributed by atoms with E-state index in [9.17, 15) is 4.79 Å². The summed E-state index contributed by atoms with van der Waals surface area (Å²) in [6.07, 6.45) is 1.69. The van der Waals surface area contributed by atoms with Gasteiger partial charge in [0.2, 0.25) is 5.91 Å². The molecule has 0 fully saturated rings. The van der Waals surface area contributed by atoms with E-state index >= 15 is 0 Å². The van der Waals surface area contributed by atoms with Gasteiger partial charge in [-0.2, -0.15) is 0 Å². The molecular weight excluding hydrogens is 292 g/mol. The number of benzene rings is 2. The molecule has 0 bridgehead atoms. The van der Waals surface area contributed by atoms with Gasteiger partial charge in [0.1, 0.15) is 18.1 Å². The monoisotopic (exact) mass is 312 g/mol. The lowest BCUT2D eigenvalue weighted by molar-refractivity contribution is -0.114. The largest absolute Gasteiger partial charge is 0.495 e. The minimum absolute atomic E-state index is 0.151. The van der Waals surface area contributed by atoms with Crippen LogP contribution in [-0.4, -0.2) is 26.2 Å². The van der Waals surface area contributed by atoms with Crippen LogP contribution < -0.4 is 20.1 Å². The maximum Gasteiger partial charge on any atom is 0.243 e. The number of hydrogen-bond acceptors (Lipinski definition) is 4. The highest BCUT2D eigenvalue weighted by Gasteiger charge is 2.06. The van der Waals surface area contributed by atoms with E-state index in [-0.39, 0.29) is 12.5 Å². The molecule has 0 saturated carbocycles. The third kappa shape index (κ3) is 5.07. The van der Waals surface area contributed by atoms with Crippen LogP contribution in [0.15, 0.2) is 61.2 Å². The van der Waals surface area contributed by atoms with Crippen molar-refractivity contribution >= 4 is 17.3 Å². The Hall–Kier alpha value is -2.95. The Bertz CT molecular complexity index is 654. The smallest absolute Gasteiger partial charge is 0.243 e. The Morgan fingerprint density at radius 1 is 1.17 bits per heavy atom. The van der Waals surface area contributed by atoms with Crippen LogP contribution in [0.2, 0.25) is 0 Å². The number of hydrogen-bond donors (Lipinski definition) is 2. The van der Waals surface area contributed by atoms with Gasteiger partial charge in [-0.25, -0.2) is 0 Å². The van der Waals surface area contributed by atoms with Gasteiger partial charge >= 0.3 is 0 Å². The molecule has 0 radical (unpaired) electrons. The van der Waals surface area contributed by atoms with E-state index in [1.54, 1.807) is 25.3 Å². The molecule has 2 aromatic rings. The van der Waals surface area contributed by atoms with E-state index in [1.807, 2.05) is 36.4 Å². The number of anilines is 2. The average molecular weight is 312 g/mol. The molecule has 2 aromatic carbocycles. The van der Waals surface area contributed by atoms with Crippen LogP contribution in [0, 0.1) is 0 Å². The molecule has 5 nitrogen and oxygen atoms in total. The van der Waals surface area contributed by atoms with Gasteiger partial charge in [-0.15, -0.1) is 0 Å². The highest BCUT2D eigenvalue weighted by Crippen LogP contribution is 2.22. The van der Waals surface area contributed by atoms with Crippen LogP contribution in [0.5, 0.6) is 11.5 Å². The molecule has 0 saturated heterocycles. The molecule has 0 unspecified atom stereocenters. The number of methoxy groups -OCH3 is 1. The predicted molar refractivity (Wildman–Crippen MR) is 92.2 cm³/mol. The molecule has 0 aromatic heterocycles. The molecule has 0 spiro atoms. The SMILES string of the molecule is C=CCOc1ccc(NCC(=O)Nc2ccccc2OC)cc1. The second-order valence-electron chi connectivity index (χ2n) is 4.73. The number of rotatable bonds is 8. The fourth-order valence-electron chi connectivity index (χ4n) is 1.95. The summed E-state index contributed by atoms with van der Waals surface area (Å²) in [4.78, 5) is 12.0. The number of ether oxygens (including phenoxy) is 2. The minimum atomic E-state index is -0.151. The molecular formula is C18H20N2O3. The average Bonchev–Trinajstić information content (AvgIpc) is 2.59. The van der Waals surface area contributed by atoms with Gasteiger partial charge in [-0.05, 0) is 36.4 Å². The molecule has 1 amide bonds. The Labute approximate surface area is 135 Å². The summed E-state index contributed by atoms with van der Waals surface area (Å²) in [5.74, 6) is 1.24. The Balaban J connectivity index is 1.85. The van der Waals surface area contributed by atoms with Crippen molar-refractivity contribution in [2.75, 3.05) is 30.9 Å². The summed E-state index contributed by atoms with van der Waals surface area (Å²) in [5, 5.41) is 5.87. The van der Waals surface area contributed by atoms with Crippen LogP contribution in [0.4, 0.5) is 11.4 Å². The van der Waals surface area contributed by atoms with E-state index in [0.717, 1.165) is 11.4 Å². The van der Waals surface area contributed by atoms with Crippen LogP contribution in [0.1, 0.15) is 0 Å². The molecule has 5 heteroatoms. The van der Waals surface area contributed by atoms with Crippen LogP contribution in [-0.2, 0) is 4.79 Å². The number of para-hydroxylation sites is 2. The maximum atomic E-state index is 12.0. The Morgan fingerprint density at radius 2 is 1.91 bits per heavy atom. The zero-order valence-corrected chi connectivity index (χ0v) is 13.0. The lowest BCUT2D eigenvalue weighted by atomic mass is 10.3.